The third-order valence-corrected chi connectivity index (χ3v) is 4.46. The Morgan fingerprint density at radius 2 is 1.76 bits per heavy atom. The summed E-state index contributed by atoms with van der Waals surface area (Å²) < 4.78 is 0. The summed E-state index contributed by atoms with van der Waals surface area (Å²) in [5.41, 5.74) is 2.15. The van der Waals surface area contributed by atoms with E-state index in [4.69, 9.17) is 35.4 Å². The van der Waals surface area contributed by atoms with E-state index in [0.29, 0.717) is 10.7 Å². The first-order valence-electron chi connectivity index (χ1n) is 7.30. The molecule has 0 unspecified atom stereocenters. The van der Waals surface area contributed by atoms with Gasteiger partial charge in [0.05, 0.1) is 10.7 Å². The quantitative estimate of drug-likeness (QED) is 0.476. The van der Waals surface area contributed by atoms with Crippen molar-refractivity contribution < 1.29 is 9.59 Å². The molecule has 2 amide bonds. The second-order valence-electron chi connectivity index (χ2n) is 5.46. The number of hydrogen-bond donors (Lipinski definition) is 1. The number of hydrogen-bond acceptors (Lipinski definition) is 3. The third kappa shape index (κ3) is 3.58. The lowest BCUT2D eigenvalue weighted by atomic mass is 10.1. The minimum atomic E-state index is -0.545. The largest absolute Gasteiger partial charge is 0.298 e. The molecule has 0 radical (unpaired) electrons. The summed E-state index contributed by atoms with van der Waals surface area (Å²) in [5.74, 6) is -1.09. The van der Waals surface area contributed by atoms with Crippen LogP contribution in [-0.2, 0) is 9.59 Å². The molecule has 3 rings (SSSR count). The van der Waals surface area contributed by atoms with Crippen LogP contribution >= 0.6 is 35.4 Å². The molecular formula is C18H12Cl2N2O2S. The van der Waals surface area contributed by atoms with Gasteiger partial charge >= 0.3 is 0 Å². The number of nitrogens with one attached hydrogen (secondary N) is 1. The molecule has 1 aliphatic heterocycles. The maximum absolute atomic E-state index is 12.9. The van der Waals surface area contributed by atoms with E-state index in [2.05, 4.69) is 5.32 Å². The highest BCUT2D eigenvalue weighted by Gasteiger charge is 2.35. The summed E-state index contributed by atoms with van der Waals surface area (Å²) in [5, 5.41) is 3.18. The van der Waals surface area contributed by atoms with Gasteiger partial charge in [-0.2, -0.15) is 0 Å². The topological polar surface area (TPSA) is 49.4 Å². The minimum absolute atomic E-state index is 0.0246. The van der Waals surface area contributed by atoms with E-state index < -0.39 is 11.8 Å². The highest BCUT2D eigenvalue weighted by Crippen LogP contribution is 2.31. The van der Waals surface area contributed by atoms with Crippen LogP contribution in [0.5, 0.6) is 0 Å². The van der Waals surface area contributed by atoms with Crippen molar-refractivity contribution in [1.82, 2.24) is 5.32 Å². The van der Waals surface area contributed by atoms with Crippen LogP contribution in [0.2, 0.25) is 10.0 Å². The second kappa shape index (κ2) is 6.96. The molecular weight excluding hydrogens is 379 g/mol. The predicted molar refractivity (Wildman–Crippen MR) is 104 cm³/mol. The fourth-order valence-electron chi connectivity index (χ4n) is 2.37. The average molecular weight is 391 g/mol. The van der Waals surface area contributed by atoms with Gasteiger partial charge in [0.2, 0.25) is 0 Å². The van der Waals surface area contributed by atoms with E-state index in [-0.39, 0.29) is 15.7 Å². The highest BCUT2D eigenvalue weighted by atomic mass is 35.5. The summed E-state index contributed by atoms with van der Waals surface area (Å²) >= 11 is 17.2. The van der Waals surface area contributed by atoms with E-state index >= 15 is 0 Å². The van der Waals surface area contributed by atoms with Gasteiger partial charge < -0.3 is 0 Å². The first-order valence-corrected chi connectivity index (χ1v) is 8.46. The summed E-state index contributed by atoms with van der Waals surface area (Å²) in [4.78, 5) is 26.3. The van der Waals surface area contributed by atoms with E-state index in [9.17, 15) is 9.59 Å². The fourth-order valence-corrected chi connectivity index (χ4v) is 3.14. The third-order valence-electron chi connectivity index (χ3n) is 3.64. The molecule has 2 aromatic carbocycles. The zero-order chi connectivity index (χ0) is 18.1. The molecule has 126 valence electrons. The summed E-state index contributed by atoms with van der Waals surface area (Å²) in [7, 11) is 0. The van der Waals surface area contributed by atoms with Crippen LogP contribution in [0.1, 0.15) is 11.1 Å². The van der Waals surface area contributed by atoms with Gasteiger partial charge in [-0.1, -0.05) is 53.0 Å². The molecule has 7 heteroatoms. The molecule has 0 spiro atoms. The van der Waals surface area contributed by atoms with Gasteiger partial charge in [-0.05, 0) is 49.0 Å². The van der Waals surface area contributed by atoms with Crippen molar-refractivity contribution in [2.45, 2.75) is 6.92 Å². The highest BCUT2D eigenvalue weighted by molar-refractivity contribution is 7.80. The van der Waals surface area contributed by atoms with Gasteiger partial charge in [0.15, 0.2) is 5.11 Å². The normalized spacial score (nSPS) is 16.4. The Morgan fingerprint density at radius 1 is 1.08 bits per heavy atom. The van der Waals surface area contributed by atoms with Crippen LogP contribution < -0.4 is 10.2 Å². The average Bonchev–Trinajstić information content (AvgIpc) is 2.55. The molecule has 1 saturated heterocycles. The Balaban J connectivity index is 2.03. The van der Waals surface area contributed by atoms with Crippen molar-refractivity contribution in [3.63, 3.8) is 0 Å². The lowest BCUT2D eigenvalue weighted by Gasteiger charge is -2.29. The zero-order valence-corrected chi connectivity index (χ0v) is 15.4. The van der Waals surface area contributed by atoms with Crippen molar-refractivity contribution in [3.8, 4) is 0 Å². The van der Waals surface area contributed by atoms with Crippen LogP contribution in [0.25, 0.3) is 6.08 Å². The lowest BCUT2D eigenvalue weighted by Crippen LogP contribution is -2.54. The molecule has 0 aliphatic carbocycles. The van der Waals surface area contributed by atoms with Gasteiger partial charge in [-0.15, -0.1) is 0 Å². The zero-order valence-electron chi connectivity index (χ0n) is 13.0. The molecule has 25 heavy (non-hydrogen) atoms. The van der Waals surface area contributed by atoms with Crippen molar-refractivity contribution in [2.75, 3.05) is 4.90 Å². The summed E-state index contributed by atoms with van der Waals surface area (Å²) in [6.45, 7) is 1.96. The van der Waals surface area contributed by atoms with Crippen LogP contribution in [-0.4, -0.2) is 16.9 Å². The minimum Gasteiger partial charge on any atom is -0.298 e. The number of carbonyl (C=O) groups is 2. The molecule has 2 aromatic rings. The van der Waals surface area contributed by atoms with Crippen molar-refractivity contribution in [2.24, 2.45) is 0 Å². The SMILES string of the molecule is Cc1ccc(C=C2C(=O)NC(=S)N(c3ccc(Cl)cc3Cl)C2=O)cc1. The Hall–Kier alpha value is -2.21. The van der Waals surface area contributed by atoms with E-state index in [1.165, 1.54) is 17.0 Å². The lowest BCUT2D eigenvalue weighted by molar-refractivity contribution is -0.122. The molecule has 0 saturated carbocycles. The number of anilines is 1. The number of nitrogens with zero attached hydrogens (tertiary/aromatic N) is 1. The standard InChI is InChI=1S/C18H12Cl2N2O2S/c1-10-2-4-11(5-3-10)8-13-16(23)21-18(25)22(17(13)24)15-7-6-12(19)9-14(15)20/h2-9H,1H3,(H,21,23,25). The van der Waals surface area contributed by atoms with Crippen LogP contribution in [0.4, 0.5) is 5.69 Å². The first kappa shape index (κ1) is 17.6. The fraction of sp³-hybridized carbons (Fsp3) is 0.0556. The second-order valence-corrected chi connectivity index (χ2v) is 6.69. The number of thiocarbonyl (C=S) groups is 1. The van der Waals surface area contributed by atoms with Gasteiger partial charge in [0.25, 0.3) is 11.8 Å². The number of halogens is 2. The molecule has 0 bridgehead atoms. The maximum atomic E-state index is 12.9. The monoisotopic (exact) mass is 390 g/mol. The molecule has 4 nitrogen and oxygen atoms in total. The van der Waals surface area contributed by atoms with E-state index in [0.717, 1.165) is 11.1 Å². The number of benzene rings is 2. The number of rotatable bonds is 2. The molecule has 1 fully saturated rings. The Morgan fingerprint density at radius 3 is 2.40 bits per heavy atom. The molecule has 0 aromatic heterocycles. The molecule has 1 N–H and O–H groups in total. The number of carbonyl (C=O) groups excluding carboxylic acids is 2. The molecule has 1 heterocycles. The molecule has 1 aliphatic rings. The van der Waals surface area contributed by atoms with Crippen molar-refractivity contribution >= 4 is 64.1 Å². The predicted octanol–water partition coefficient (Wildman–Crippen LogP) is 4.13. The van der Waals surface area contributed by atoms with Crippen LogP contribution in [0, 0.1) is 6.92 Å². The summed E-state index contributed by atoms with van der Waals surface area (Å²) in [6, 6.07) is 12.1. The first-order chi connectivity index (χ1) is 11.9. The van der Waals surface area contributed by atoms with Gasteiger partial charge in [0.1, 0.15) is 5.57 Å². The van der Waals surface area contributed by atoms with Crippen molar-refractivity contribution in [3.05, 3.63) is 69.2 Å². The number of aryl methyl sites for hydroxylation is 1. The van der Waals surface area contributed by atoms with Gasteiger partial charge in [-0.3, -0.25) is 19.8 Å². The van der Waals surface area contributed by atoms with E-state index in [1.54, 1.807) is 12.1 Å². The Kier molecular flexibility index (Phi) is 4.90. The Labute approximate surface area is 160 Å². The van der Waals surface area contributed by atoms with Crippen LogP contribution in [0.3, 0.4) is 0 Å². The number of amides is 2. The summed E-state index contributed by atoms with van der Waals surface area (Å²) in [6.07, 6.45) is 1.52. The molecule has 0 atom stereocenters. The van der Waals surface area contributed by atoms with Crippen molar-refractivity contribution in [1.29, 1.82) is 0 Å². The Bertz CT molecular complexity index is 923. The smallest absolute Gasteiger partial charge is 0.270 e. The van der Waals surface area contributed by atoms with Gasteiger partial charge in [0, 0.05) is 5.02 Å². The maximum Gasteiger partial charge on any atom is 0.270 e. The van der Waals surface area contributed by atoms with Gasteiger partial charge in [-0.25, -0.2) is 0 Å². The van der Waals surface area contributed by atoms with E-state index in [1.807, 2.05) is 31.2 Å². The van der Waals surface area contributed by atoms with Crippen LogP contribution in [0.15, 0.2) is 48.0 Å².